The minimum absolute atomic E-state index is 0.0851. The van der Waals surface area contributed by atoms with E-state index in [1.54, 1.807) is 6.07 Å². The van der Waals surface area contributed by atoms with Gasteiger partial charge in [0.2, 0.25) is 0 Å². The Morgan fingerprint density at radius 3 is 2.89 bits per heavy atom. The van der Waals surface area contributed by atoms with Crippen LogP contribution in [-0.2, 0) is 0 Å². The molecule has 1 fully saturated rings. The summed E-state index contributed by atoms with van der Waals surface area (Å²) >= 11 is 0. The van der Waals surface area contributed by atoms with Crippen molar-refractivity contribution in [1.82, 2.24) is 5.32 Å². The quantitative estimate of drug-likeness (QED) is 0.885. The van der Waals surface area contributed by atoms with Gasteiger partial charge in [-0.2, -0.15) is 0 Å². The van der Waals surface area contributed by atoms with Crippen LogP contribution in [0.2, 0.25) is 0 Å². The number of nitrogens with one attached hydrogen (secondary N) is 1. The van der Waals surface area contributed by atoms with Crippen molar-refractivity contribution in [3.05, 3.63) is 35.6 Å². The van der Waals surface area contributed by atoms with Gasteiger partial charge in [0.15, 0.2) is 5.76 Å². The summed E-state index contributed by atoms with van der Waals surface area (Å²) in [5.41, 5.74) is 1.77. The molecule has 0 unspecified atom stereocenters. The number of fused-ring (bicyclic) bond motifs is 1. The van der Waals surface area contributed by atoms with E-state index in [0.717, 1.165) is 29.4 Å². The second-order valence-electron chi connectivity index (χ2n) is 5.49. The average Bonchev–Trinajstić information content (AvgIpc) is 3.07. The Morgan fingerprint density at radius 1 is 1.42 bits per heavy atom. The highest BCUT2D eigenvalue weighted by atomic mass is 16.3. The predicted molar refractivity (Wildman–Crippen MR) is 72.0 cm³/mol. The lowest BCUT2D eigenvalue weighted by Gasteiger charge is -2.11. The van der Waals surface area contributed by atoms with Crippen molar-refractivity contribution in [3.8, 4) is 0 Å². The monoisotopic (exact) mass is 259 g/mol. The number of hydrogen-bond acceptors (Lipinski definition) is 3. The molecule has 0 atom stereocenters. The maximum atomic E-state index is 12.0. The van der Waals surface area contributed by atoms with Gasteiger partial charge in [-0.25, -0.2) is 0 Å². The fourth-order valence-corrected chi connectivity index (χ4v) is 2.20. The van der Waals surface area contributed by atoms with E-state index in [2.05, 4.69) is 5.32 Å². The van der Waals surface area contributed by atoms with Crippen molar-refractivity contribution in [2.75, 3.05) is 13.2 Å². The third kappa shape index (κ3) is 2.36. The van der Waals surface area contributed by atoms with Crippen molar-refractivity contribution in [2.24, 2.45) is 5.41 Å². The third-order valence-electron chi connectivity index (χ3n) is 3.81. The highest BCUT2D eigenvalue weighted by Gasteiger charge is 2.42. The Kier molecular flexibility index (Phi) is 2.82. The Labute approximate surface area is 111 Å². The van der Waals surface area contributed by atoms with Gasteiger partial charge in [0, 0.05) is 17.3 Å². The zero-order chi connectivity index (χ0) is 13.5. The van der Waals surface area contributed by atoms with Crippen LogP contribution in [0.5, 0.6) is 0 Å². The van der Waals surface area contributed by atoms with Gasteiger partial charge in [-0.3, -0.25) is 4.79 Å². The average molecular weight is 259 g/mol. The van der Waals surface area contributed by atoms with Gasteiger partial charge >= 0.3 is 0 Å². The van der Waals surface area contributed by atoms with Gasteiger partial charge in [-0.1, -0.05) is 11.6 Å². The highest BCUT2D eigenvalue weighted by molar-refractivity contribution is 5.96. The summed E-state index contributed by atoms with van der Waals surface area (Å²) in [5, 5.41) is 13.0. The van der Waals surface area contributed by atoms with Gasteiger partial charge in [0.1, 0.15) is 5.58 Å². The van der Waals surface area contributed by atoms with Crippen molar-refractivity contribution in [3.63, 3.8) is 0 Å². The number of carbonyl (C=O) groups excluding carboxylic acids is 1. The number of benzene rings is 1. The van der Waals surface area contributed by atoms with Crippen molar-refractivity contribution in [1.29, 1.82) is 0 Å². The molecule has 1 aromatic heterocycles. The van der Waals surface area contributed by atoms with E-state index in [0.29, 0.717) is 12.3 Å². The second-order valence-corrected chi connectivity index (χ2v) is 5.49. The maximum absolute atomic E-state index is 12.0. The molecule has 0 radical (unpaired) electrons. The lowest BCUT2D eigenvalue weighted by atomic mass is 10.1. The molecular weight excluding hydrogens is 242 g/mol. The van der Waals surface area contributed by atoms with Crippen LogP contribution in [0.1, 0.15) is 29.0 Å². The Morgan fingerprint density at radius 2 is 2.21 bits per heavy atom. The Bertz CT molecular complexity index is 625. The first-order chi connectivity index (χ1) is 9.12. The molecule has 0 saturated heterocycles. The van der Waals surface area contributed by atoms with Crippen molar-refractivity contribution < 1.29 is 14.3 Å². The fourth-order valence-electron chi connectivity index (χ4n) is 2.20. The van der Waals surface area contributed by atoms with Gasteiger partial charge in [-0.05, 0) is 38.0 Å². The maximum Gasteiger partial charge on any atom is 0.287 e. The number of aryl methyl sites for hydroxylation is 1. The van der Waals surface area contributed by atoms with Gasteiger partial charge in [0.05, 0.1) is 6.61 Å². The van der Waals surface area contributed by atoms with E-state index in [9.17, 15) is 9.90 Å². The number of aliphatic hydroxyl groups is 1. The van der Waals surface area contributed by atoms with E-state index < -0.39 is 0 Å². The molecule has 2 N–H and O–H groups in total. The minimum Gasteiger partial charge on any atom is -0.451 e. The molecule has 1 saturated carbocycles. The van der Waals surface area contributed by atoms with E-state index in [1.807, 2.05) is 25.1 Å². The van der Waals surface area contributed by atoms with Crippen LogP contribution in [-0.4, -0.2) is 24.2 Å². The molecule has 1 aliphatic carbocycles. The minimum atomic E-state index is -0.214. The lowest BCUT2D eigenvalue weighted by Crippen LogP contribution is -2.31. The molecule has 2 aromatic rings. The van der Waals surface area contributed by atoms with Crippen LogP contribution >= 0.6 is 0 Å². The van der Waals surface area contributed by atoms with E-state index >= 15 is 0 Å². The SMILES string of the molecule is Cc1ccc2oc(C(=O)NCC3(CO)CC3)cc2c1. The molecule has 0 bridgehead atoms. The number of hydrogen-bond donors (Lipinski definition) is 2. The van der Waals surface area contributed by atoms with Gasteiger partial charge in [0.25, 0.3) is 5.91 Å². The third-order valence-corrected chi connectivity index (χ3v) is 3.81. The first-order valence-corrected chi connectivity index (χ1v) is 6.51. The molecule has 0 aliphatic heterocycles. The Hall–Kier alpha value is -1.81. The number of carbonyl (C=O) groups is 1. The summed E-state index contributed by atoms with van der Waals surface area (Å²) in [6, 6.07) is 7.58. The number of amides is 1. The van der Waals surface area contributed by atoms with Crippen LogP contribution in [0.3, 0.4) is 0 Å². The summed E-state index contributed by atoms with van der Waals surface area (Å²) in [5.74, 6) is 0.114. The van der Waals surface area contributed by atoms with Crippen LogP contribution in [0, 0.1) is 12.3 Å². The van der Waals surface area contributed by atoms with E-state index in [4.69, 9.17) is 4.42 Å². The molecule has 100 valence electrons. The molecule has 1 heterocycles. The summed E-state index contributed by atoms with van der Waals surface area (Å²) in [4.78, 5) is 12.0. The fraction of sp³-hybridized carbons (Fsp3) is 0.400. The zero-order valence-corrected chi connectivity index (χ0v) is 10.9. The molecule has 1 amide bonds. The number of rotatable bonds is 4. The molecule has 3 rings (SSSR count). The normalized spacial score (nSPS) is 16.5. The molecule has 4 nitrogen and oxygen atoms in total. The smallest absolute Gasteiger partial charge is 0.287 e. The molecule has 19 heavy (non-hydrogen) atoms. The van der Waals surface area contributed by atoms with Gasteiger partial charge in [-0.15, -0.1) is 0 Å². The van der Waals surface area contributed by atoms with Crippen LogP contribution in [0.15, 0.2) is 28.7 Å². The predicted octanol–water partition coefficient (Wildman–Crippen LogP) is 2.24. The Balaban J connectivity index is 1.74. The molecule has 1 aromatic carbocycles. The summed E-state index contributed by atoms with van der Waals surface area (Å²) in [6.45, 7) is 2.65. The van der Waals surface area contributed by atoms with Crippen LogP contribution in [0.4, 0.5) is 0 Å². The first kappa shape index (κ1) is 12.2. The molecule has 0 spiro atoms. The molecule has 4 heteroatoms. The number of aliphatic hydroxyl groups excluding tert-OH is 1. The highest BCUT2D eigenvalue weighted by Crippen LogP contribution is 2.44. The summed E-state index contributed by atoms with van der Waals surface area (Å²) in [6.07, 6.45) is 1.95. The van der Waals surface area contributed by atoms with E-state index in [1.165, 1.54) is 0 Å². The lowest BCUT2D eigenvalue weighted by molar-refractivity contribution is 0.0909. The van der Waals surface area contributed by atoms with E-state index in [-0.39, 0.29) is 17.9 Å². The molecular formula is C15H17NO3. The second kappa shape index (κ2) is 4.38. The topological polar surface area (TPSA) is 62.5 Å². The molecule has 1 aliphatic rings. The van der Waals surface area contributed by atoms with Crippen molar-refractivity contribution >= 4 is 16.9 Å². The van der Waals surface area contributed by atoms with Crippen LogP contribution in [0.25, 0.3) is 11.0 Å². The van der Waals surface area contributed by atoms with Crippen molar-refractivity contribution in [2.45, 2.75) is 19.8 Å². The largest absolute Gasteiger partial charge is 0.451 e. The van der Waals surface area contributed by atoms with Crippen LogP contribution < -0.4 is 5.32 Å². The number of furan rings is 1. The summed E-state index contributed by atoms with van der Waals surface area (Å²) < 4.78 is 5.53. The summed E-state index contributed by atoms with van der Waals surface area (Å²) in [7, 11) is 0. The first-order valence-electron chi connectivity index (χ1n) is 6.51. The standard InChI is InChI=1S/C15H17NO3/c1-10-2-3-12-11(6-10)7-13(19-12)14(18)16-8-15(9-17)4-5-15/h2-3,6-7,17H,4-5,8-9H2,1H3,(H,16,18). The van der Waals surface area contributed by atoms with Gasteiger partial charge < -0.3 is 14.8 Å². The zero-order valence-electron chi connectivity index (χ0n) is 10.9.